The van der Waals surface area contributed by atoms with Crippen LogP contribution in [-0.4, -0.2) is 10.7 Å². The van der Waals surface area contributed by atoms with Crippen molar-refractivity contribution >= 4 is 0 Å². The third-order valence-corrected chi connectivity index (χ3v) is 6.11. The van der Waals surface area contributed by atoms with Crippen molar-refractivity contribution in [3.8, 4) is 0 Å². The first-order chi connectivity index (χ1) is 6.89. The van der Waals surface area contributed by atoms with Crippen LogP contribution in [0.25, 0.3) is 0 Å². The number of rotatable bonds is 2. The van der Waals surface area contributed by atoms with Crippen molar-refractivity contribution in [2.24, 2.45) is 22.7 Å². The van der Waals surface area contributed by atoms with E-state index in [0.717, 1.165) is 18.3 Å². The largest absolute Gasteiger partial charge is 0.389 e. The Morgan fingerprint density at radius 3 is 2.27 bits per heavy atom. The van der Waals surface area contributed by atoms with Gasteiger partial charge in [-0.25, -0.2) is 0 Å². The quantitative estimate of drug-likeness (QED) is 0.737. The van der Waals surface area contributed by atoms with Gasteiger partial charge in [-0.05, 0) is 48.3 Å². The van der Waals surface area contributed by atoms with Gasteiger partial charge in [-0.2, -0.15) is 0 Å². The van der Waals surface area contributed by atoms with Crippen LogP contribution in [0.15, 0.2) is 0 Å². The molecule has 3 fully saturated rings. The first-order valence-corrected chi connectivity index (χ1v) is 6.61. The fraction of sp³-hybridized carbons (Fsp3) is 1.00. The van der Waals surface area contributed by atoms with Crippen molar-refractivity contribution in [3.63, 3.8) is 0 Å². The van der Waals surface area contributed by atoms with E-state index in [1.54, 1.807) is 0 Å². The maximum atomic E-state index is 11.2. The lowest BCUT2D eigenvalue weighted by Gasteiger charge is -2.51. The Hall–Kier alpha value is -0.0400. The fourth-order valence-electron chi connectivity index (χ4n) is 4.60. The third-order valence-electron chi connectivity index (χ3n) is 6.11. The molecule has 3 rings (SSSR count). The van der Waals surface area contributed by atoms with E-state index in [-0.39, 0.29) is 16.4 Å². The van der Waals surface area contributed by atoms with Crippen molar-refractivity contribution in [1.82, 2.24) is 0 Å². The molecule has 0 aromatic carbocycles. The van der Waals surface area contributed by atoms with Crippen LogP contribution >= 0.6 is 0 Å². The Morgan fingerprint density at radius 2 is 1.80 bits per heavy atom. The fourth-order valence-corrected chi connectivity index (χ4v) is 4.60. The highest BCUT2D eigenvalue weighted by molar-refractivity contribution is 5.18. The van der Waals surface area contributed by atoms with E-state index >= 15 is 0 Å². The molecule has 0 saturated heterocycles. The summed E-state index contributed by atoms with van der Waals surface area (Å²) in [5.41, 5.74) is 0.0103. The van der Waals surface area contributed by atoms with E-state index in [0.29, 0.717) is 0 Å². The van der Waals surface area contributed by atoms with Crippen molar-refractivity contribution in [3.05, 3.63) is 0 Å². The van der Waals surface area contributed by atoms with Crippen molar-refractivity contribution in [2.45, 2.75) is 64.9 Å². The highest BCUT2D eigenvalue weighted by Crippen LogP contribution is 2.70. The van der Waals surface area contributed by atoms with Crippen LogP contribution in [0.3, 0.4) is 0 Å². The van der Waals surface area contributed by atoms with E-state index in [1.807, 2.05) is 0 Å². The minimum atomic E-state index is -0.371. The number of fused-ring (bicyclic) bond motifs is 2. The van der Waals surface area contributed by atoms with Gasteiger partial charge in [0.05, 0.1) is 5.60 Å². The summed E-state index contributed by atoms with van der Waals surface area (Å²) in [6, 6.07) is 0. The summed E-state index contributed by atoms with van der Waals surface area (Å²) in [5, 5.41) is 11.2. The molecule has 0 heterocycles. The normalized spacial score (nSPS) is 52.4. The highest BCUT2D eigenvalue weighted by atomic mass is 16.3. The van der Waals surface area contributed by atoms with Gasteiger partial charge in [-0.15, -0.1) is 0 Å². The van der Waals surface area contributed by atoms with Gasteiger partial charge in [0.25, 0.3) is 0 Å². The van der Waals surface area contributed by atoms with Gasteiger partial charge in [0.2, 0.25) is 0 Å². The van der Waals surface area contributed by atoms with Crippen molar-refractivity contribution in [2.75, 3.05) is 0 Å². The van der Waals surface area contributed by atoms with Crippen molar-refractivity contribution < 1.29 is 5.11 Å². The topological polar surface area (TPSA) is 20.2 Å². The summed E-state index contributed by atoms with van der Waals surface area (Å²) in [6.07, 6.45) is 7.66. The molecular formula is C14H24O. The molecule has 3 aliphatic carbocycles. The molecular weight excluding hydrogens is 184 g/mol. The van der Waals surface area contributed by atoms with Crippen LogP contribution in [0.2, 0.25) is 0 Å². The lowest BCUT2D eigenvalue weighted by molar-refractivity contribution is -0.150. The average molecular weight is 208 g/mol. The summed E-state index contributed by atoms with van der Waals surface area (Å²) in [5.74, 6) is 1.61. The van der Waals surface area contributed by atoms with Crippen LogP contribution in [-0.2, 0) is 0 Å². The molecule has 2 bridgehead atoms. The van der Waals surface area contributed by atoms with Gasteiger partial charge in [-0.1, -0.05) is 33.6 Å². The van der Waals surface area contributed by atoms with Gasteiger partial charge in [0.1, 0.15) is 0 Å². The third kappa shape index (κ3) is 1.08. The van der Waals surface area contributed by atoms with E-state index in [1.165, 1.54) is 32.1 Å². The predicted octanol–water partition coefficient (Wildman–Crippen LogP) is 3.36. The molecule has 1 nitrogen and oxygen atoms in total. The second-order valence-corrected chi connectivity index (χ2v) is 7.23. The van der Waals surface area contributed by atoms with Gasteiger partial charge in [0, 0.05) is 0 Å². The van der Waals surface area contributed by atoms with Crippen LogP contribution < -0.4 is 0 Å². The highest BCUT2D eigenvalue weighted by Gasteiger charge is 2.68. The summed E-state index contributed by atoms with van der Waals surface area (Å²) in [6.45, 7) is 6.96. The van der Waals surface area contributed by atoms with Crippen LogP contribution in [0.4, 0.5) is 0 Å². The zero-order valence-electron chi connectivity index (χ0n) is 10.3. The Labute approximate surface area is 93.3 Å². The predicted molar refractivity (Wildman–Crippen MR) is 61.5 cm³/mol. The zero-order chi connectivity index (χ0) is 10.9. The van der Waals surface area contributed by atoms with Crippen LogP contribution in [0.1, 0.15) is 59.3 Å². The maximum absolute atomic E-state index is 11.2. The average Bonchev–Trinajstić information content (AvgIpc) is 2.82. The minimum Gasteiger partial charge on any atom is -0.389 e. The molecule has 0 radical (unpaired) electrons. The van der Waals surface area contributed by atoms with Gasteiger partial charge >= 0.3 is 0 Å². The Balaban J connectivity index is 1.96. The smallest absolute Gasteiger partial charge is 0.0757 e. The van der Waals surface area contributed by atoms with E-state index in [9.17, 15) is 5.11 Å². The molecule has 3 aliphatic rings. The standard InChI is InChI=1S/C14H24O/c1-12(2)11-6-7-13(3,9-11)14(12,15)8-10-4-5-10/h10-11,15H,4-9H2,1-3H3. The first-order valence-electron chi connectivity index (χ1n) is 6.61. The van der Waals surface area contributed by atoms with E-state index in [2.05, 4.69) is 20.8 Å². The summed E-state index contributed by atoms with van der Waals surface area (Å²) >= 11 is 0. The molecule has 3 saturated carbocycles. The van der Waals surface area contributed by atoms with Crippen LogP contribution in [0.5, 0.6) is 0 Å². The summed E-state index contributed by atoms with van der Waals surface area (Å²) in [4.78, 5) is 0. The lowest BCUT2D eigenvalue weighted by Crippen LogP contribution is -2.54. The summed E-state index contributed by atoms with van der Waals surface area (Å²) < 4.78 is 0. The van der Waals surface area contributed by atoms with Crippen LogP contribution in [0, 0.1) is 22.7 Å². The molecule has 0 spiro atoms. The van der Waals surface area contributed by atoms with Gasteiger partial charge in [0.15, 0.2) is 0 Å². The molecule has 3 atom stereocenters. The molecule has 86 valence electrons. The first kappa shape index (κ1) is 10.1. The SMILES string of the molecule is CC12CCC(C1)C(C)(C)C2(O)CC1CC1. The number of hydrogen-bond acceptors (Lipinski definition) is 1. The summed E-state index contributed by atoms with van der Waals surface area (Å²) in [7, 11) is 0. The van der Waals surface area contributed by atoms with E-state index in [4.69, 9.17) is 0 Å². The lowest BCUT2D eigenvalue weighted by atomic mass is 9.58. The van der Waals surface area contributed by atoms with Gasteiger partial charge in [-0.3, -0.25) is 0 Å². The second kappa shape index (κ2) is 2.61. The molecule has 0 aliphatic heterocycles. The number of hydrogen-bond donors (Lipinski definition) is 1. The second-order valence-electron chi connectivity index (χ2n) is 7.23. The Bertz CT molecular complexity index is 285. The Morgan fingerprint density at radius 1 is 1.13 bits per heavy atom. The van der Waals surface area contributed by atoms with Gasteiger partial charge < -0.3 is 5.11 Å². The molecule has 0 aromatic rings. The minimum absolute atomic E-state index is 0.155. The van der Waals surface area contributed by atoms with E-state index < -0.39 is 0 Å². The number of aliphatic hydroxyl groups is 1. The van der Waals surface area contributed by atoms with Crippen molar-refractivity contribution in [1.29, 1.82) is 0 Å². The monoisotopic (exact) mass is 208 g/mol. The molecule has 15 heavy (non-hydrogen) atoms. The maximum Gasteiger partial charge on any atom is 0.0757 e. The molecule has 1 heteroatoms. The molecule has 0 aromatic heterocycles. The zero-order valence-corrected chi connectivity index (χ0v) is 10.3. The molecule has 0 amide bonds. The Kier molecular flexibility index (Phi) is 1.77. The molecule has 3 unspecified atom stereocenters. The molecule has 1 N–H and O–H groups in total.